The second-order valence-electron chi connectivity index (χ2n) is 3.39. The average Bonchev–Trinajstić information content (AvgIpc) is 2.18. The number of carbonyl (C=O) groups excluding carboxylic acids is 1. The lowest BCUT2D eigenvalue weighted by molar-refractivity contribution is 0.0967. The molecule has 3 heteroatoms. The Balaban J connectivity index is 2.60. The molecular formula is C11H11FO2. The molecule has 0 bridgehead atoms. The Kier molecular flexibility index (Phi) is 2.23. The SMILES string of the molecule is COc1ccc2c(c1F)C(=O)CCC2. The second-order valence-corrected chi connectivity index (χ2v) is 3.39. The van der Waals surface area contributed by atoms with Gasteiger partial charge in [0.2, 0.25) is 0 Å². The minimum atomic E-state index is -0.505. The molecule has 0 spiro atoms. The highest BCUT2D eigenvalue weighted by Gasteiger charge is 2.23. The summed E-state index contributed by atoms with van der Waals surface area (Å²) in [7, 11) is 1.40. The highest BCUT2D eigenvalue weighted by Crippen LogP contribution is 2.29. The van der Waals surface area contributed by atoms with Crippen LogP contribution in [0.5, 0.6) is 5.75 Å². The number of halogens is 1. The van der Waals surface area contributed by atoms with E-state index in [1.165, 1.54) is 7.11 Å². The number of ether oxygens (including phenoxy) is 1. The van der Waals surface area contributed by atoms with E-state index in [0.29, 0.717) is 6.42 Å². The van der Waals surface area contributed by atoms with E-state index in [2.05, 4.69) is 0 Å². The van der Waals surface area contributed by atoms with Gasteiger partial charge in [-0.15, -0.1) is 0 Å². The van der Waals surface area contributed by atoms with Gasteiger partial charge in [0, 0.05) is 6.42 Å². The van der Waals surface area contributed by atoms with Crippen molar-refractivity contribution in [2.45, 2.75) is 19.3 Å². The van der Waals surface area contributed by atoms with Crippen LogP contribution in [0.25, 0.3) is 0 Å². The first-order valence-electron chi connectivity index (χ1n) is 4.62. The van der Waals surface area contributed by atoms with Gasteiger partial charge in [-0.2, -0.15) is 0 Å². The molecule has 74 valence electrons. The van der Waals surface area contributed by atoms with Crippen LogP contribution in [0.2, 0.25) is 0 Å². The zero-order valence-corrected chi connectivity index (χ0v) is 7.97. The highest BCUT2D eigenvalue weighted by atomic mass is 19.1. The molecule has 0 radical (unpaired) electrons. The fourth-order valence-corrected chi connectivity index (χ4v) is 1.83. The number of fused-ring (bicyclic) bond motifs is 1. The normalized spacial score (nSPS) is 15.1. The molecule has 1 aliphatic carbocycles. The molecule has 0 unspecified atom stereocenters. The maximum Gasteiger partial charge on any atom is 0.176 e. The first kappa shape index (κ1) is 9.19. The van der Waals surface area contributed by atoms with E-state index in [9.17, 15) is 9.18 Å². The maximum atomic E-state index is 13.7. The lowest BCUT2D eigenvalue weighted by atomic mass is 9.90. The van der Waals surface area contributed by atoms with Crippen LogP contribution in [0.3, 0.4) is 0 Å². The van der Waals surface area contributed by atoms with Crippen molar-refractivity contribution >= 4 is 5.78 Å². The molecular weight excluding hydrogens is 183 g/mol. The van der Waals surface area contributed by atoms with Crippen molar-refractivity contribution in [1.29, 1.82) is 0 Å². The largest absolute Gasteiger partial charge is 0.494 e. The van der Waals surface area contributed by atoms with Crippen LogP contribution in [-0.2, 0) is 6.42 Å². The number of aryl methyl sites for hydroxylation is 1. The monoisotopic (exact) mass is 194 g/mol. The molecule has 0 heterocycles. The van der Waals surface area contributed by atoms with E-state index in [1.807, 2.05) is 0 Å². The van der Waals surface area contributed by atoms with Gasteiger partial charge in [-0.3, -0.25) is 4.79 Å². The third-order valence-electron chi connectivity index (χ3n) is 2.54. The number of hydrogen-bond donors (Lipinski definition) is 0. The van der Waals surface area contributed by atoms with Gasteiger partial charge in [0.15, 0.2) is 17.3 Å². The molecule has 0 atom stereocenters. The Hall–Kier alpha value is -1.38. The number of hydrogen-bond acceptors (Lipinski definition) is 2. The van der Waals surface area contributed by atoms with E-state index >= 15 is 0 Å². The van der Waals surface area contributed by atoms with Crippen molar-refractivity contribution in [3.8, 4) is 5.75 Å². The Morgan fingerprint density at radius 1 is 1.36 bits per heavy atom. The number of methoxy groups -OCH3 is 1. The third-order valence-corrected chi connectivity index (χ3v) is 2.54. The summed E-state index contributed by atoms with van der Waals surface area (Å²) in [4.78, 5) is 11.5. The predicted octanol–water partition coefficient (Wildman–Crippen LogP) is 2.35. The summed E-state index contributed by atoms with van der Waals surface area (Å²) in [6.45, 7) is 0. The van der Waals surface area contributed by atoms with Gasteiger partial charge in [0.25, 0.3) is 0 Å². The lowest BCUT2D eigenvalue weighted by Crippen LogP contribution is -2.13. The van der Waals surface area contributed by atoms with Crippen LogP contribution >= 0.6 is 0 Å². The van der Waals surface area contributed by atoms with E-state index in [0.717, 1.165) is 18.4 Å². The van der Waals surface area contributed by atoms with Crippen molar-refractivity contribution in [1.82, 2.24) is 0 Å². The summed E-state index contributed by atoms with van der Waals surface area (Å²) in [6, 6.07) is 3.35. The van der Waals surface area contributed by atoms with E-state index in [4.69, 9.17) is 4.74 Å². The molecule has 0 aromatic heterocycles. The Morgan fingerprint density at radius 3 is 2.86 bits per heavy atom. The minimum absolute atomic E-state index is 0.109. The van der Waals surface area contributed by atoms with Gasteiger partial charge in [0.05, 0.1) is 12.7 Å². The number of benzene rings is 1. The summed E-state index contributed by atoms with van der Waals surface area (Å²) < 4.78 is 18.5. The fourth-order valence-electron chi connectivity index (χ4n) is 1.83. The molecule has 2 rings (SSSR count). The molecule has 0 saturated carbocycles. The lowest BCUT2D eigenvalue weighted by Gasteiger charge is -2.16. The van der Waals surface area contributed by atoms with Gasteiger partial charge in [-0.1, -0.05) is 6.07 Å². The predicted molar refractivity (Wildman–Crippen MR) is 50.2 cm³/mol. The molecule has 1 aromatic carbocycles. The summed E-state index contributed by atoms with van der Waals surface area (Å²) in [5, 5.41) is 0. The van der Waals surface area contributed by atoms with Crippen molar-refractivity contribution < 1.29 is 13.9 Å². The molecule has 0 N–H and O–H groups in total. The van der Waals surface area contributed by atoms with Gasteiger partial charge in [-0.05, 0) is 24.5 Å². The summed E-state index contributed by atoms with van der Waals surface area (Å²) in [6.07, 6.45) is 2.04. The smallest absolute Gasteiger partial charge is 0.176 e. The molecule has 14 heavy (non-hydrogen) atoms. The molecule has 0 amide bonds. The Morgan fingerprint density at radius 2 is 2.14 bits per heavy atom. The molecule has 0 fully saturated rings. The van der Waals surface area contributed by atoms with Gasteiger partial charge in [0.1, 0.15) is 0 Å². The number of rotatable bonds is 1. The van der Waals surface area contributed by atoms with Crippen LogP contribution in [0, 0.1) is 5.82 Å². The first-order valence-corrected chi connectivity index (χ1v) is 4.62. The van der Waals surface area contributed by atoms with Crippen LogP contribution < -0.4 is 4.74 Å². The molecule has 0 aliphatic heterocycles. The zero-order valence-electron chi connectivity index (χ0n) is 7.97. The summed E-state index contributed by atoms with van der Waals surface area (Å²) >= 11 is 0. The topological polar surface area (TPSA) is 26.3 Å². The minimum Gasteiger partial charge on any atom is -0.494 e. The third kappa shape index (κ3) is 1.29. The van der Waals surface area contributed by atoms with E-state index in [-0.39, 0.29) is 17.1 Å². The van der Waals surface area contributed by atoms with Crippen molar-refractivity contribution in [3.05, 3.63) is 29.1 Å². The molecule has 1 aromatic rings. The standard InChI is InChI=1S/C11H11FO2/c1-14-9-6-5-7-3-2-4-8(13)10(7)11(9)12/h5-6H,2-4H2,1H3. The van der Waals surface area contributed by atoms with Gasteiger partial charge >= 0.3 is 0 Å². The van der Waals surface area contributed by atoms with Crippen LogP contribution in [0.15, 0.2) is 12.1 Å². The van der Waals surface area contributed by atoms with Crippen molar-refractivity contribution in [3.63, 3.8) is 0 Å². The number of ketones is 1. The first-order chi connectivity index (χ1) is 6.74. The highest BCUT2D eigenvalue weighted by molar-refractivity contribution is 5.99. The number of carbonyl (C=O) groups is 1. The number of Topliss-reactive ketones (excluding diaryl/α,β-unsaturated/α-hetero) is 1. The van der Waals surface area contributed by atoms with Crippen LogP contribution in [-0.4, -0.2) is 12.9 Å². The van der Waals surface area contributed by atoms with Crippen LogP contribution in [0.1, 0.15) is 28.8 Å². The summed E-state index contributed by atoms with van der Waals surface area (Å²) in [5.41, 5.74) is 1.04. The Labute approximate surface area is 81.7 Å². The van der Waals surface area contributed by atoms with Crippen molar-refractivity contribution in [2.24, 2.45) is 0 Å². The van der Waals surface area contributed by atoms with Gasteiger partial charge < -0.3 is 4.74 Å². The maximum absolute atomic E-state index is 13.7. The Bertz CT molecular complexity index is 385. The second kappa shape index (κ2) is 3.40. The average molecular weight is 194 g/mol. The van der Waals surface area contributed by atoms with Gasteiger partial charge in [-0.25, -0.2) is 4.39 Å². The quantitative estimate of drug-likeness (QED) is 0.686. The summed E-state index contributed by atoms with van der Waals surface area (Å²) in [5.74, 6) is -0.462. The molecule has 0 saturated heterocycles. The van der Waals surface area contributed by atoms with E-state index < -0.39 is 5.82 Å². The zero-order chi connectivity index (χ0) is 10.1. The van der Waals surface area contributed by atoms with E-state index in [1.54, 1.807) is 12.1 Å². The molecule has 2 nitrogen and oxygen atoms in total. The van der Waals surface area contributed by atoms with Crippen molar-refractivity contribution in [2.75, 3.05) is 7.11 Å². The fraction of sp³-hybridized carbons (Fsp3) is 0.364. The molecule has 1 aliphatic rings. The van der Waals surface area contributed by atoms with Crippen LogP contribution in [0.4, 0.5) is 4.39 Å².